The Labute approximate surface area is 165 Å². The average Bonchev–Trinajstić information content (AvgIpc) is 3.09. The lowest BCUT2D eigenvalue weighted by atomic mass is 9.83. The maximum atomic E-state index is 12.7. The lowest BCUT2D eigenvalue weighted by molar-refractivity contribution is -0.380. The minimum absolute atomic E-state index is 0. The molecule has 146 valence electrons. The number of nitrogens with one attached hydrogen (secondary N) is 1. The molecule has 0 radical (unpaired) electrons. The molecule has 1 aromatic carbocycles. The van der Waals surface area contributed by atoms with Crippen LogP contribution in [-0.2, 0) is 9.59 Å². The van der Waals surface area contributed by atoms with Crippen LogP contribution >= 0.6 is 23.7 Å². The molecule has 1 amide bonds. The van der Waals surface area contributed by atoms with E-state index in [1.807, 2.05) is 0 Å². The molecule has 0 saturated heterocycles. The zero-order valence-electron chi connectivity index (χ0n) is 14.6. The summed E-state index contributed by atoms with van der Waals surface area (Å²) in [5, 5.41) is 12.8. The number of nitro groups is 1. The maximum Gasteiger partial charge on any atom is 0.345 e. The van der Waals surface area contributed by atoms with Gasteiger partial charge in [-0.1, -0.05) is 38.5 Å². The van der Waals surface area contributed by atoms with Crippen molar-refractivity contribution in [3.8, 4) is 5.75 Å². The average molecular weight is 415 g/mol. The van der Waals surface area contributed by atoms with Crippen molar-refractivity contribution in [2.24, 2.45) is 11.7 Å². The van der Waals surface area contributed by atoms with Crippen molar-refractivity contribution in [1.29, 1.82) is 0 Å². The van der Waals surface area contributed by atoms with E-state index < -0.39 is 28.3 Å². The summed E-state index contributed by atoms with van der Waals surface area (Å²) in [6, 6.07) is 8.25. The molecular formula is C16H19ClN4O5S. The van der Waals surface area contributed by atoms with Gasteiger partial charge >= 0.3 is 11.0 Å². The monoisotopic (exact) mass is 414 g/mol. The summed E-state index contributed by atoms with van der Waals surface area (Å²) in [6.07, 6.45) is 1.45. The number of hydrogen-bond donors (Lipinski definition) is 2. The highest BCUT2D eigenvalue weighted by molar-refractivity contribution is 7.18. The van der Waals surface area contributed by atoms with Crippen molar-refractivity contribution in [1.82, 2.24) is 4.98 Å². The van der Waals surface area contributed by atoms with Gasteiger partial charge in [0.2, 0.25) is 0 Å². The van der Waals surface area contributed by atoms with Gasteiger partial charge in [0.05, 0.1) is 4.92 Å². The van der Waals surface area contributed by atoms with Crippen LogP contribution in [0.5, 0.6) is 5.75 Å². The minimum atomic E-state index is -1.98. The van der Waals surface area contributed by atoms with Crippen LogP contribution in [0, 0.1) is 16.0 Å². The summed E-state index contributed by atoms with van der Waals surface area (Å²) in [7, 11) is 0. The number of hydrogen-bond acceptors (Lipinski definition) is 8. The largest absolute Gasteiger partial charge is 0.425 e. The number of aromatic nitrogens is 1. The molecule has 3 N–H and O–H groups in total. The van der Waals surface area contributed by atoms with E-state index in [2.05, 4.69) is 10.3 Å². The number of halogens is 1. The van der Waals surface area contributed by atoms with Crippen molar-refractivity contribution in [2.45, 2.75) is 25.8 Å². The van der Waals surface area contributed by atoms with Crippen LogP contribution < -0.4 is 15.8 Å². The molecule has 0 saturated carbocycles. The standard InChI is InChI=1S/C16H18N4O5S.ClH/c1-3-10(2)16(17,14(22)25-11-7-5-4-6-8-11)13(21)19-15-18-9-12(26-15)20(23)24;/h4-10H,3,17H2,1-2H3,(H,18,19,21);1H/t10-,16?;/m0./s1. The molecule has 11 heteroatoms. The summed E-state index contributed by atoms with van der Waals surface area (Å²) < 4.78 is 5.25. The predicted molar refractivity (Wildman–Crippen MR) is 103 cm³/mol. The molecule has 0 aliphatic rings. The maximum absolute atomic E-state index is 12.7. The Morgan fingerprint density at radius 2 is 2.04 bits per heavy atom. The van der Waals surface area contributed by atoms with E-state index in [-0.39, 0.29) is 28.3 Å². The SMILES string of the molecule is CC[C@H](C)C(N)(C(=O)Nc1ncc([N+](=O)[O-])s1)C(=O)Oc1ccccc1.Cl. The van der Waals surface area contributed by atoms with E-state index in [9.17, 15) is 19.7 Å². The summed E-state index contributed by atoms with van der Waals surface area (Å²) in [5.74, 6) is -2.04. The Balaban J connectivity index is 0.00000364. The number of esters is 1. The van der Waals surface area contributed by atoms with Gasteiger partial charge in [-0.05, 0) is 29.4 Å². The summed E-state index contributed by atoms with van der Waals surface area (Å²) >= 11 is 0.671. The van der Waals surface area contributed by atoms with Crippen LogP contribution in [0.2, 0.25) is 0 Å². The molecular weight excluding hydrogens is 396 g/mol. The van der Waals surface area contributed by atoms with Gasteiger partial charge in [0.15, 0.2) is 10.7 Å². The highest BCUT2D eigenvalue weighted by Gasteiger charge is 2.48. The molecule has 1 heterocycles. The smallest absolute Gasteiger partial charge is 0.345 e. The van der Waals surface area contributed by atoms with Gasteiger partial charge in [0.25, 0.3) is 5.91 Å². The molecule has 9 nitrogen and oxygen atoms in total. The highest BCUT2D eigenvalue weighted by atomic mass is 35.5. The number of ether oxygens (including phenoxy) is 1. The number of benzene rings is 1. The van der Waals surface area contributed by atoms with Crippen molar-refractivity contribution < 1.29 is 19.2 Å². The van der Waals surface area contributed by atoms with Crippen LogP contribution in [0.1, 0.15) is 20.3 Å². The van der Waals surface area contributed by atoms with Crippen molar-refractivity contribution in [3.63, 3.8) is 0 Å². The van der Waals surface area contributed by atoms with E-state index >= 15 is 0 Å². The van der Waals surface area contributed by atoms with Crippen LogP contribution in [0.3, 0.4) is 0 Å². The number of nitrogens with two attached hydrogens (primary N) is 1. The number of thiazole rings is 1. The van der Waals surface area contributed by atoms with Gasteiger partial charge in [-0.2, -0.15) is 0 Å². The number of rotatable bonds is 7. The van der Waals surface area contributed by atoms with Crippen LogP contribution in [-0.4, -0.2) is 27.3 Å². The number of nitrogens with zero attached hydrogens (tertiary/aromatic N) is 2. The molecule has 2 atom stereocenters. The topological polar surface area (TPSA) is 137 Å². The van der Waals surface area contributed by atoms with Gasteiger partial charge < -0.3 is 10.5 Å². The molecule has 0 spiro atoms. The zero-order chi connectivity index (χ0) is 19.3. The summed E-state index contributed by atoms with van der Waals surface area (Å²) in [5.41, 5.74) is 4.18. The Morgan fingerprint density at radius 3 is 2.56 bits per heavy atom. The quantitative estimate of drug-likeness (QED) is 0.233. The Hall–Kier alpha value is -2.56. The third kappa shape index (κ3) is 5.00. The van der Waals surface area contributed by atoms with E-state index in [1.165, 1.54) is 0 Å². The fourth-order valence-corrected chi connectivity index (χ4v) is 2.76. The zero-order valence-corrected chi connectivity index (χ0v) is 16.2. The molecule has 0 aliphatic heterocycles. The van der Waals surface area contributed by atoms with Gasteiger partial charge in [-0.25, -0.2) is 9.78 Å². The fourth-order valence-electron chi connectivity index (χ4n) is 2.13. The first-order valence-corrected chi connectivity index (χ1v) is 8.58. The van der Waals surface area contributed by atoms with Crippen LogP contribution in [0.15, 0.2) is 36.5 Å². The predicted octanol–water partition coefficient (Wildman–Crippen LogP) is 2.76. The number of anilines is 1. The molecule has 1 aromatic heterocycles. The summed E-state index contributed by atoms with van der Waals surface area (Å²) in [6.45, 7) is 3.43. The first-order valence-electron chi connectivity index (χ1n) is 7.76. The Morgan fingerprint density at radius 1 is 1.41 bits per heavy atom. The second kappa shape index (κ2) is 9.40. The van der Waals surface area contributed by atoms with Crippen molar-refractivity contribution in [3.05, 3.63) is 46.6 Å². The second-order valence-electron chi connectivity index (χ2n) is 5.60. The number of amides is 1. The number of carbonyl (C=O) groups is 2. The van der Waals surface area contributed by atoms with E-state index in [0.717, 1.165) is 6.20 Å². The molecule has 0 fully saturated rings. The number of para-hydroxylation sites is 1. The normalized spacial score (nSPS) is 13.6. The van der Waals surface area contributed by atoms with E-state index in [0.29, 0.717) is 17.8 Å². The van der Waals surface area contributed by atoms with Crippen molar-refractivity contribution >= 4 is 45.8 Å². The molecule has 2 rings (SSSR count). The highest BCUT2D eigenvalue weighted by Crippen LogP contribution is 2.28. The third-order valence-electron chi connectivity index (χ3n) is 3.95. The molecule has 0 aliphatic carbocycles. The number of carbonyl (C=O) groups excluding carboxylic acids is 2. The second-order valence-corrected chi connectivity index (χ2v) is 6.60. The van der Waals surface area contributed by atoms with Crippen molar-refractivity contribution in [2.75, 3.05) is 5.32 Å². The molecule has 2 aromatic rings. The van der Waals surface area contributed by atoms with Gasteiger partial charge in [0, 0.05) is 0 Å². The lowest BCUT2D eigenvalue weighted by Crippen LogP contribution is -2.63. The van der Waals surface area contributed by atoms with E-state index in [1.54, 1.807) is 44.2 Å². The van der Waals surface area contributed by atoms with Crippen LogP contribution in [0.4, 0.5) is 10.1 Å². The first kappa shape index (κ1) is 22.5. The summed E-state index contributed by atoms with van der Waals surface area (Å²) in [4.78, 5) is 39.2. The fraction of sp³-hybridized carbons (Fsp3) is 0.312. The van der Waals surface area contributed by atoms with Crippen LogP contribution in [0.25, 0.3) is 0 Å². The lowest BCUT2D eigenvalue weighted by Gasteiger charge is -2.30. The third-order valence-corrected chi connectivity index (χ3v) is 4.82. The van der Waals surface area contributed by atoms with Gasteiger partial charge in [-0.3, -0.25) is 20.2 Å². The van der Waals surface area contributed by atoms with Gasteiger partial charge in [0.1, 0.15) is 11.9 Å². The Kier molecular flexibility index (Phi) is 7.82. The molecule has 27 heavy (non-hydrogen) atoms. The molecule has 0 bridgehead atoms. The van der Waals surface area contributed by atoms with Gasteiger partial charge in [-0.15, -0.1) is 12.4 Å². The van der Waals surface area contributed by atoms with E-state index in [4.69, 9.17) is 10.5 Å². The Bertz CT molecular complexity index is 816. The minimum Gasteiger partial charge on any atom is -0.425 e. The molecule has 1 unspecified atom stereocenters. The first-order chi connectivity index (χ1) is 12.3.